The van der Waals surface area contributed by atoms with Crippen LogP contribution >= 0.6 is 0 Å². The highest BCUT2D eigenvalue weighted by Gasteiger charge is 2.17. The standard InChI is InChI=1S/C15H16FN5O/c16-13-11-17-15(19-14(13)21-6-8-22-9-7-21)20-18-10-12-4-2-1-3-5-12/h1-5,11H,6-10H2. The number of ether oxygens (including phenoxy) is 1. The molecule has 0 N–H and O–H groups in total. The highest BCUT2D eigenvalue weighted by molar-refractivity contribution is 5.42. The summed E-state index contributed by atoms with van der Waals surface area (Å²) in [6.45, 7) is 2.78. The second kappa shape index (κ2) is 7.04. The maximum absolute atomic E-state index is 13.9. The lowest BCUT2D eigenvalue weighted by molar-refractivity contribution is 0.122. The molecule has 114 valence electrons. The van der Waals surface area contributed by atoms with Crippen molar-refractivity contribution in [1.82, 2.24) is 9.97 Å². The highest BCUT2D eigenvalue weighted by Crippen LogP contribution is 2.19. The Kier molecular flexibility index (Phi) is 4.65. The van der Waals surface area contributed by atoms with Gasteiger partial charge in [-0.3, -0.25) is 0 Å². The van der Waals surface area contributed by atoms with E-state index in [1.165, 1.54) is 0 Å². The van der Waals surface area contributed by atoms with Crippen LogP contribution in [0.5, 0.6) is 0 Å². The Morgan fingerprint density at radius 3 is 2.73 bits per heavy atom. The van der Waals surface area contributed by atoms with E-state index in [9.17, 15) is 4.39 Å². The Bertz CT molecular complexity index is 644. The van der Waals surface area contributed by atoms with Crippen LogP contribution < -0.4 is 4.90 Å². The fraction of sp³-hybridized carbons (Fsp3) is 0.333. The van der Waals surface area contributed by atoms with E-state index in [2.05, 4.69) is 20.2 Å². The van der Waals surface area contributed by atoms with Crippen LogP contribution in [0, 0.1) is 5.82 Å². The summed E-state index contributed by atoms with van der Waals surface area (Å²) in [5, 5.41) is 8.04. The van der Waals surface area contributed by atoms with Gasteiger partial charge >= 0.3 is 0 Å². The average molecular weight is 301 g/mol. The SMILES string of the molecule is Fc1cnc(N=NCc2ccccc2)nc1N1CCOCC1. The molecule has 0 aliphatic carbocycles. The number of anilines is 1. The van der Waals surface area contributed by atoms with E-state index in [-0.39, 0.29) is 11.8 Å². The number of rotatable bonds is 4. The molecule has 2 heterocycles. The molecule has 1 aliphatic rings. The van der Waals surface area contributed by atoms with E-state index in [0.717, 1.165) is 11.8 Å². The molecule has 1 fully saturated rings. The van der Waals surface area contributed by atoms with Crippen LogP contribution in [0.15, 0.2) is 46.8 Å². The number of halogens is 1. The predicted molar refractivity (Wildman–Crippen MR) is 79.7 cm³/mol. The molecule has 0 bridgehead atoms. The van der Waals surface area contributed by atoms with Crippen LogP contribution in [0.25, 0.3) is 0 Å². The van der Waals surface area contributed by atoms with E-state index >= 15 is 0 Å². The maximum Gasteiger partial charge on any atom is 0.270 e. The van der Waals surface area contributed by atoms with E-state index in [0.29, 0.717) is 32.8 Å². The highest BCUT2D eigenvalue weighted by atomic mass is 19.1. The number of nitrogens with zero attached hydrogens (tertiary/aromatic N) is 5. The lowest BCUT2D eigenvalue weighted by Crippen LogP contribution is -2.37. The molecule has 0 amide bonds. The predicted octanol–water partition coefficient (Wildman–Crippen LogP) is 2.74. The molecule has 0 radical (unpaired) electrons. The van der Waals surface area contributed by atoms with Crippen molar-refractivity contribution in [3.05, 3.63) is 47.9 Å². The molecule has 1 saturated heterocycles. The molecule has 1 aromatic carbocycles. The molecule has 3 rings (SSSR count). The number of aromatic nitrogens is 2. The van der Waals surface area contributed by atoms with Gasteiger partial charge in [-0.15, -0.1) is 5.11 Å². The molecular weight excluding hydrogens is 285 g/mol. The lowest BCUT2D eigenvalue weighted by Gasteiger charge is -2.27. The van der Waals surface area contributed by atoms with Crippen molar-refractivity contribution in [2.45, 2.75) is 6.54 Å². The zero-order valence-corrected chi connectivity index (χ0v) is 12.0. The summed E-state index contributed by atoms with van der Waals surface area (Å²) in [7, 11) is 0. The largest absolute Gasteiger partial charge is 0.378 e. The van der Waals surface area contributed by atoms with Gasteiger partial charge in [0.15, 0.2) is 11.6 Å². The minimum atomic E-state index is -0.455. The second-order valence-corrected chi connectivity index (χ2v) is 4.83. The molecule has 22 heavy (non-hydrogen) atoms. The topological polar surface area (TPSA) is 63.0 Å². The summed E-state index contributed by atoms with van der Waals surface area (Å²) >= 11 is 0. The van der Waals surface area contributed by atoms with Crippen molar-refractivity contribution in [2.75, 3.05) is 31.2 Å². The molecule has 7 heteroatoms. The molecule has 0 unspecified atom stereocenters. The number of azo groups is 1. The maximum atomic E-state index is 13.9. The van der Waals surface area contributed by atoms with Gasteiger partial charge in [-0.25, -0.2) is 9.37 Å². The third-order valence-electron chi connectivity index (χ3n) is 3.28. The molecule has 1 aliphatic heterocycles. The van der Waals surface area contributed by atoms with Gasteiger partial charge < -0.3 is 9.64 Å². The molecule has 0 saturated carbocycles. The second-order valence-electron chi connectivity index (χ2n) is 4.83. The zero-order chi connectivity index (χ0) is 15.2. The Morgan fingerprint density at radius 2 is 1.95 bits per heavy atom. The molecule has 6 nitrogen and oxygen atoms in total. The van der Waals surface area contributed by atoms with Gasteiger partial charge in [0.25, 0.3) is 5.95 Å². The van der Waals surface area contributed by atoms with E-state index < -0.39 is 5.82 Å². The van der Waals surface area contributed by atoms with E-state index in [1.54, 1.807) is 0 Å². The Balaban J connectivity index is 1.71. The molecule has 1 aromatic heterocycles. The zero-order valence-electron chi connectivity index (χ0n) is 12.0. The molecule has 0 spiro atoms. The van der Waals surface area contributed by atoms with Crippen molar-refractivity contribution in [1.29, 1.82) is 0 Å². The quantitative estimate of drug-likeness (QED) is 0.815. The number of benzene rings is 1. The van der Waals surface area contributed by atoms with Crippen LogP contribution in [-0.4, -0.2) is 36.3 Å². The Labute approximate surface area is 127 Å². The number of hydrogen-bond acceptors (Lipinski definition) is 6. The first kappa shape index (κ1) is 14.5. The van der Waals surface area contributed by atoms with Gasteiger partial charge in [0.1, 0.15) is 0 Å². The monoisotopic (exact) mass is 301 g/mol. The summed E-state index contributed by atoms with van der Waals surface area (Å²) in [5.74, 6) is -0.0327. The van der Waals surface area contributed by atoms with Crippen LogP contribution in [0.1, 0.15) is 5.56 Å². The third kappa shape index (κ3) is 3.62. The summed E-state index contributed by atoms with van der Waals surface area (Å²) in [6.07, 6.45) is 1.13. The van der Waals surface area contributed by atoms with Gasteiger partial charge in [-0.1, -0.05) is 30.3 Å². The van der Waals surface area contributed by atoms with Gasteiger partial charge in [0, 0.05) is 13.1 Å². The first-order valence-electron chi connectivity index (χ1n) is 7.09. The molecular formula is C15H16FN5O. The van der Waals surface area contributed by atoms with E-state index in [4.69, 9.17) is 4.74 Å². The van der Waals surface area contributed by atoms with Crippen LogP contribution in [0.4, 0.5) is 16.2 Å². The summed E-state index contributed by atoms with van der Waals surface area (Å²) in [4.78, 5) is 9.84. The summed E-state index contributed by atoms with van der Waals surface area (Å²) < 4.78 is 19.1. The minimum Gasteiger partial charge on any atom is -0.378 e. The van der Waals surface area contributed by atoms with Gasteiger partial charge in [0.2, 0.25) is 0 Å². The van der Waals surface area contributed by atoms with Crippen molar-refractivity contribution < 1.29 is 9.13 Å². The Morgan fingerprint density at radius 1 is 1.18 bits per heavy atom. The van der Waals surface area contributed by atoms with Crippen LogP contribution in [0.2, 0.25) is 0 Å². The Hall–Kier alpha value is -2.41. The fourth-order valence-corrected chi connectivity index (χ4v) is 2.16. The fourth-order valence-electron chi connectivity index (χ4n) is 2.16. The number of morpholine rings is 1. The van der Waals surface area contributed by atoms with Crippen LogP contribution in [-0.2, 0) is 11.3 Å². The van der Waals surface area contributed by atoms with Gasteiger partial charge in [-0.05, 0) is 5.56 Å². The smallest absolute Gasteiger partial charge is 0.270 e. The normalized spacial score (nSPS) is 15.4. The van der Waals surface area contributed by atoms with Crippen molar-refractivity contribution in [3.63, 3.8) is 0 Å². The summed E-state index contributed by atoms with van der Waals surface area (Å²) in [5.41, 5.74) is 1.04. The van der Waals surface area contributed by atoms with Crippen LogP contribution in [0.3, 0.4) is 0 Å². The third-order valence-corrected chi connectivity index (χ3v) is 3.28. The van der Waals surface area contributed by atoms with E-state index in [1.807, 2.05) is 35.2 Å². The molecule has 0 atom stereocenters. The molecule has 2 aromatic rings. The minimum absolute atomic E-state index is 0.166. The summed E-state index contributed by atoms with van der Waals surface area (Å²) in [6, 6.07) is 9.75. The van der Waals surface area contributed by atoms with Crippen molar-refractivity contribution >= 4 is 11.8 Å². The number of hydrogen-bond donors (Lipinski definition) is 0. The first-order valence-corrected chi connectivity index (χ1v) is 7.09. The lowest BCUT2D eigenvalue weighted by atomic mass is 10.2. The average Bonchev–Trinajstić information content (AvgIpc) is 2.58. The van der Waals surface area contributed by atoms with Crippen molar-refractivity contribution in [3.8, 4) is 0 Å². The van der Waals surface area contributed by atoms with Crippen molar-refractivity contribution in [2.24, 2.45) is 10.2 Å². The van der Waals surface area contributed by atoms with Gasteiger partial charge in [0.05, 0.1) is 26.0 Å². The first-order chi connectivity index (χ1) is 10.8. The van der Waals surface area contributed by atoms with Gasteiger partial charge in [-0.2, -0.15) is 10.1 Å².